The lowest BCUT2D eigenvalue weighted by Gasteiger charge is -2.01. The van der Waals surface area contributed by atoms with Crippen molar-refractivity contribution in [1.29, 1.82) is 0 Å². The summed E-state index contributed by atoms with van der Waals surface area (Å²) in [6, 6.07) is 8.20. The molecule has 0 spiro atoms. The van der Waals surface area contributed by atoms with E-state index in [1.165, 1.54) is 11.1 Å². The van der Waals surface area contributed by atoms with Crippen LogP contribution in [0.5, 0.6) is 0 Å². The van der Waals surface area contributed by atoms with Gasteiger partial charge < -0.3 is 5.48 Å². The highest BCUT2D eigenvalue weighted by Crippen LogP contribution is 2.33. The minimum absolute atomic E-state index is 0. The van der Waals surface area contributed by atoms with Crippen LogP contribution in [0.4, 0.5) is 0 Å². The summed E-state index contributed by atoms with van der Waals surface area (Å²) in [5.41, 5.74) is 2.52. The zero-order valence-corrected chi connectivity index (χ0v) is 7.16. The molecule has 1 atom stereocenters. The molecule has 0 saturated heterocycles. The lowest BCUT2D eigenvalue weighted by Crippen LogP contribution is -1.86. The van der Waals surface area contributed by atoms with Gasteiger partial charge in [0.1, 0.15) is 0 Å². The topological polar surface area (TPSA) is 60.9 Å². The minimum atomic E-state index is 0. The van der Waals surface area contributed by atoms with Crippen molar-refractivity contribution >= 4 is 6.08 Å². The number of benzene rings is 1. The predicted octanol–water partition coefficient (Wildman–Crippen LogP) is 1.19. The molecule has 0 fully saturated rings. The van der Waals surface area contributed by atoms with Crippen molar-refractivity contribution in [3.63, 3.8) is 0 Å². The van der Waals surface area contributed by atoms with Gasteiger partial charge in [-0.05, 0) is 24.0 Å². The molecule has 0 bridgehead atoms. The second-order valence-corrected chi connectivity index (χ2v) is 2.97. The molecule has 1 unspecified atom stereocenters. The van der Waals surface area contributed by atoms with Crippen LogP contribution in [0.2, 0.25) is 0 Å². The number of aliphatic imine (C=N–C) groups is 1. The van der Waals surface area contributed by atoms with E-state index >= 15 is 0 Å². The molecule has 0 radical (unpaired) electrons. The van der Waals surface area contributed by atoms with Crippen LogP contribution in [-0.4, -0.2) is 11.6 Å². The molecule has 2 rings (SSSR count). The Kier molecular flexibility index (Phi) is 2.96. The summed E-state index contributed by atoms with van der Waals surface area (Å²) in [6.07, 6.45) is 3.61. The Labute approximate surface area is 76.4 Å². The van der Waals surface area contributed by atoms with Crippen molar-refractivity contribution in [3.8, 4) is 0 Å². The van der Waals surface area contributed by atoms with Gasteiger partial charge in [0.05, 0.1) is 6.04 Å². The first-order valence-electron chi connectivity index (χ1n) is 4.06. The molecule has 0 aromatic heterocycles. The molecule has 1 aliphatic carbocycles. The van der Waals surface area contributed by atoms with Crippen LogP contribution >= 0.6 is 0 Å². The largest absolute Gasteiger partial charge is 0.412 e. The Bertz CT molecular complexity index is 343. The van der Waals surface area contributed by atoms with Gasteiger partial charge in [-0.1, -0.05) is 24.3 Å². The second kappa shape index (κ2) is 3.99. The first-order chi connectivity index (χ1) is 5.92. The van der Waals surface area contributed by atoms with Gasteiger partial charge >= 0.3 is 0 Å². The van der Waals surface area contributed by atoms with E-state index in [9.17, 15) is 4.79 Å². The molecule has 1 aliphatic rings. The molecular formula is C10H11NO2. The van der Waals surface area contributed by atoms with Crippen LogP contribution in [0.15, 0.2) is 29.3 Å². The first kappa shape index (κ1) is 9.65. The van der Waals surface area contributed by atoms with Crippen LogP contribution in [0, 0.1) is 0 Å². The van der Waals surface area contributed by atoms with Gasteiger partial charge in [-0.15, -0.1) is 0 Å². The molecule has 13 heavy (non-hydrogen) atoms. The second-order valence-electron chi connectivity index (χ2n) is 2.97. The monoisotopic (exact) mass is 177 g/mol. The highest BCUT2D eigenvalue weighted by molar-refractivity contribution is 5.40. The molecule has 0 saturated carbocycles. The van der Waals surface area contributed by atoms with Gasteiger partial charge in [0.15, 0.2) is 0 Å². The van der Waals surface area contributed by atoms with E-state index in [-0.39, 0.29) is 11.5 Å². The molecule has 0 heterocycles. The van der Waals surface area contributed by atoms with Crippen LogP contribution in [-0.2, 0) is 11.2 Å². The molecule has 0 amide bonds. The Hall–Kier alpha value is -1.44. The average Bonchev–Trinajstić information content (AvgIpc) is 2.50. The van der Waals surface area contributed by atoms with E-state index in [0.29, 0.717) is 0 Å². The summed E-state index contributed by atoms with van der Waals surface area (Å²) in [7, 11) is 0. The predicted molar refractivity (Wildman–Crippen MR) is 49.2 cm³/mol. The molecule has 1 aromatic rings. The Morgan fingerprint density at radius 3 is 2.92 bits per heavy atom. The highest BCUT2D eigenvalue weighted by atomic mass is 16.1. The Balaban J connectivity index is 0.000000845. The van der Waals surface area contributed by atoms with Gasteiger partial charge in [-0.3, -0.25) is 0 Å². The number of hydrogen-bond acceptors (Lipinski definition) is 2. The lowest BCUT2D eigenvalue weighted by atomic mass is 10.1. The van der Waals surface area contributed by atoms with E-state index in [0.717, 1.165) is 12.8 Å². The molecule has 2 N–H and O–H groups in total. The Morgan fingerprint density at radius 1 is 1.38 bits per heavy atom. The third kappa shape index (κ3) is 1.66. The van der Waals surface area contributed by atoms with Gasteiger partial charge in [0, 0.05) is 0 Å². The molecule has 1 aromatic carbocycles. The molecule has 68 valence electrons. The van der Waals surface area contributed by atoms with Crippen molar-refractivity contribution in [2.75, 3.05) is 0 Å². The van der Waals surface area contributed by atoms with Crippen molar-refractivity contribution < 1.29 is 10.3 Å². The summed E-state index contributed by atoms with van der Waals surface area (Å²) in [5.74, 6) is 0. The third-order valence-electron chi connectivity index (χ3n) is 2.31. The van der Waals surface area contributed by atoms with Gasteiger partial charge in [0.25, 0.3) is 0 Å². The average molecular weight is 177 g/mol. The number of hydrogen-bond donors (Lipinski definition) is 0. The SMILES string of the molecule is O.O=C=NC1CCc2ccccc21. The lowest BCUT2D eigenvalue weighted by molar-refractivity contribution is 0.557. The molecule has 3 nitrogen and oxygen atoms in total. The zero-order valence-electron chi connectivity index (χ0n) is 7.16. The van der Waals surface area contributed by atoms with Gasteiger partial charge in [-0.25, -0.2) is 4.79 Å². The molecular weight excluding hydrogens is 166 g/mol. The smallest absolute Gasteiger partial charge is 0.235 e. The first-order valence-corrected chi connectivity index (χ1v) is 4.06. The van der Waals surface area contributed by atoms with Gasteiger partial charge in [-0.2, -0.15) is 4.99 Å². The maximum Gasteiger partial charge on any atom is 0.235 e. The van der Waals surface area contributed by atoms with Crippen LogP contribution in [0.3, 0.4) is 0 Å². The van der Waals surface area contributed by atoms with Crippen molar-refractivity contribution in [2.24, 2.45) is 4.99 Å². The number of carbonyl (C=O) groups excluding carboxylic acids is 1. The van der Waals surface area contributed by atoms with Crippen LogP contribution in [0.1, 0.15) is 23.6 Å². The number of aryl methyl sites for hydroxylation is 1. The summed E-state index contributed by atoms with van der Waals surface area (Å²) < 4.78 is 0. The standard InChI is InChI=1S/C10H9NO.H2O/c12-7-11-10-6-5-8-3-1-2-4-9(8)10;/h1-4,10H,5-6H2;1H2. The maximum absolute atomic E-state index is 10.1. The van der Waals surface area contributed by atoms with E-state index in [4.69, 9.17) is 0 Å². The summed E-state index contributed by atoms with van der Waals surface area (Å²) in [6.45, 7) is 0. The van der Waals surface area contributed by atoms with Gasteiger partial charge in [0.2, 0.25) is 6.08 Å². The fourth-order valence-corrected chi connectivity index (χ4v) is 1.73. The quantitative estimate of drug-likeness (QED) is 0.469. The number of nitrogens with zero attached hydrogens (tertiary/aromatic N) is 1. The van der Waals surface area contributed by atoms with E-state index < -0.39 is 0 Å². The fraction of sp³-hybridized carbons (Fsp3) is 0.300. The summed E-state index contributed by atoms with van der Waals surface area (Å²) in [4.78, 5) is 13.8. The highest BCUT2D eigenvalue weighted by Gasteiger charge is 2.20. The number of fused-ring (bicyclic) bond motifs is 1. The number of rotatable bonds is 1. The van der Waals surface area contributed by atoms with Crippen molar-refractivity contribution in [3.05, 3.63) is 35.4 Å². The van der Waals surface area contributed by atoms with E-state index in [2.05, 4.69) is 11.1 Å². The van der Waals surface area contributed by atoms with Crippen LogP contribution < -0.4 is 0 Å². The van der Waals surface area contributed by atoms with E-state index in [1.807, 2.05) is 18.2 Å². The minimum Gasteiger partial charge on any atom is -0.412 e. The van der Waals surface area contributed by atoms with Crippen molar-refractivity contribution in [1.82, 2.24) is 0 Å². The zero-order chi connectivity index (χ0) is 8.39. The van der Waals surface area contributed by atoms with E-state index in [1.54, 1.807) is 6.08 Å². The number of isocyanates is 1. The summed E-state index contributed by atoms with van der Waals surface area (Å²) >= 11 is 0. The summed E-state index contributed by atoms with van der Waals surface area (Å²) in [5, 5.41) is 0. The normalized spacial score (nSPS) is 18.3. The third-order valence-corrected chi connectivity index (χ3v) is 2.31. The maximum atomic E-state index is 10.1. The van der Waals surface area contributed by atoms with Crippen LogP contribution in [0.25, 0.3) is 0 Å². The molecule has 3 heteroatoms. The fourth-order valence-electron chi connectivity index (χ4n) is 1.73. The Morgan fingerprint density at radius 2 is 2.15 bits per heavy atom. The molecule has 0 aliphatic heterocycles. The van der Waals surface area contributed by atoms with Crippen molar-refractivity contribution in [2.45, 2.75) is 18.9 Å².